The molecule has 0 saturated carbocycles. The number of hydrogen-bond acceptors (Lipinski definition) is 2. The second-order valence-electron chi connectivity index (χ2n) is 5.38. The second kappa shape index (κ2) is 6.16. The van der Waals surface area contributed by atoms with Crippen molar-refractivity contribution in [2.75, 3.05) is 6.61 Å². The zero-order chi connectivity index (χ0) is 14.8. The molecular formula is C17H17BrFNO. The Bertz CT molecular complexity index is 646. The Hall–Kier alpha value is -1.39. The third kappa shape index (κ3) is 3.11. The van der Waals surface area contributed by atoms with Gasteiger partial charge in [-0.3, -0.25) is 0 Å². The lowest BCUT2D eigenvalue weighted by Gasteiger charge is -2.28. The highest BCUT2D eigenvalue weighted by Crippen LogP contribution is 2.39. The average Bonchev–Trinajstić information content (AvgIpc) is 2.50. The fourth-order valence-corrected chi connectivity index (χ4v) is 3.43. The molecule has 2 nitrogen and oxygen atoms in total. The average molecular weight is 350 g/mol. The van der Waals surface area contributed by atoms with Crippen LogP contribution in [0.15, 0.2) is 46.9 Å². The first-order valence-corrected chi connectivity index (χ1v) is 7.86. The lowest BCUT2D eigenvalue weighted by Crippen LogP contribution is -2.20. The molecular weight excluding hydrogens is 333 g/mol. The van der Waals surface area contributed by atoms with Gasteiger partial charge in [0.25, 0.3) is 0 Å². The molecule has 0 saturated heterocycles. The van der Waals surface area contributed by atoms with Crippen molar-refractivity contribution < 1.29 is 9.13 Å². The molecule has 110 valence electrons. The number of nitrogens with two attached hydrogens (primary N) is 1. The van der Waals surface area contributed by atoms with Crippen LogP contribution >= 0.6 is 15.9 Å². The van der Waals surface area contributed by atoms with Crippen LogP contribution in [0.2, 0.25) is 0 Å². The summed E-state index contributed by atoms with van der Waals surface area (Å²) in [7, 11) is 0. The van der Waals surface area contributed by atoms with Gasteiger partial charge >= 0.3 is 0 Å². The Morgan fingerprint density at radius 3 is 2.95 bits per heavy atom. The van der Waals surface area contributed by atoms with Crippen molar-refractivity contribution >= 4 is 15.9 Å². The highest BCUT2D eigenvalue weighted by Gasteiger charge is 2.24. The van der Waals surface area contributed by atoms with Crippen LogP contribution in [0, 0.1) is 5.82 Å². The molecule has 0 aromatic heterocycles. The van der Waals surface area contributed by atoms with Gasteiger partial charge in [-0.15, -0.1) is 0 Å². The monoisotopic (exact) mass is 349 g/mol. The van der Waals surface area contributed by atoms with Gasteiger partial charge in [-0.2, -0.15) is 0 Å². The summed E-state index contributed by atoms with van der Waals surface area (Å²) >= 11 is 3.46. The van der Waals surface area contributed by atoms with E-state index >= 15 is 0 Å². The Balaban J connectivity index is 1.82. The molecule has 2 atom stereocenters. The fraction of sp³-hybridized carbons (Fsp3) is 0.294. The minimum Gasteiger partial charge on any atom is -0.493 e. The van der Waals surface area contributed by atoms with Crippen LogP contribution in [-0.4, -0.2) is 6.61 Å². The first-order chi connectivity index (χ1) is 10.1. The first-order valence-electron chi connectivity index (χ1n) is 7.07. The van der Waals surface area contributed by atoms with Crippen LogP contribution in [-0.2, 0) is 0 Å². The topological polar surface area (TPSA) is 35.2 Å². The van der Waals surface area contributed by atoms with Gasteiger partial charge in [-0.05, 0) is 54.2 Å². The van der Waals surface area contributed by atoms with Crippen LogP contribution in [0.4, 0.5) is 4.39 Å². The Morgan fingerprint density at radius 1 is 1.29 bits per heavy atom. The van der Waals surface area contributed by atoms with Gasteiger partial charge in [-0.1, -0.05) is 34.1 Å². The van der Waals surface area contributed by atoms with Crippen molar-refractivity contribution in [1.82, 2.24) is 0 Å². The van der Waals surface area contributed by atoms with E-state index in [9.17, 15) is 4.39 Å². The number of ether oxygens (including phenoxy) is 1. The van der Waals surface area contributed by atoms with E-state index in [1.54, 1.807) is 6.07 Å². The number of benzene rings is 2. The SMILES string of the molecule is NC(CC1CCOc2ccccc21)c1cc(F)ccc1Br. The summed E-state index contributed by atoms with van der Waals surface area (Å²) in [6.45, 7) is 0.707. The van der Waals surface area contributed by atoms with Crippen molar-refractivity contribution in [3.05, 3.63) is 63.9 Å². The second-order valence-corrected chi connectivity index (χ2v) is 6.23. The van der Waals surface area contributed by atoms with E-state index in [1.807, 2.05) is 18.2 Å². The van der Waals surface area contributed by atoms with E-state index in [0.29, 0.717) is 12.5 Å². The number of hydrogen-bond donors (Lipinski definition) is 1. The molecule has 1 aliphatic rings. The maximum atomic E-state index is 13.4. The molecule has 0 radical (unpaired) electrons. The highest BCUT2D eigenvalue weighted by atomic mass is 79.9. The van der Waals surface area contributed by atoms with Gasteiger partial charge in [0.05, 0.1) is 6.61 Å². The van der Waals surface area contributed by atoms with Crippen molar-refractivity contribution in [1.29, 1.82) is 0 Å². The summed E-state index contributed by atoms with van der Waals surface area (Å²) in [5.74, 6) is 1.04. The van der Waals surface area contributed by atoms with E-state index in [2.05, 4.69) is 22.0 Å². The van der Waals surface area contributed by atoms with Gasteiger partial charge in [0.15, 0.2) is 0 Å². The largest absolute Gasteiger partial charge is 0.493 e. The summed E-state index contributed by atoms with van der Waals surface area (Å²) in [6, 6.07) is 12.5. The summed E-state index contributed by atoms with van der Waals surface area (Å²) < 4.78 is 20.0. The molecule has 3 rings (SSSR count). The van der Waals surface area contributed by atoms with Crippen molar-refractivity contribution in [3.63, 3.8) is 0 Å². The third-order valence-electron chi connectivity index (χ3n) is 3.98. The van der Waals surface area contributed by atoms with Gasteiger partial charge in [0.1, 0.15) is 11.6 Å². The molecule has 2 N–H and O–H groups in total. The number of rotatable bonds is 3. The molecule has 1 heterocycles. The zero-order valence-corrected chi connectivity index (χ0v) is 13.1. The summed E-state index contributed by atoms with van der Waals surface area (Å²) in [4.78, 5) is 0. The number of fused-ring (bicyclic) bond motifs is 1. The first kappa shape index (κ1) is 14.5. The summed E-state index contributed by atoms with van der Waals surface area (Å²) in [5, 5.41) is 0. The van der Waals surface area contributed by atoms with Crippen molar-refractivity contribution in [2.24, 2.45) is 5.73 Å². The van der Waals surface area contributed by atoms with Gasteiger partial charge in [-0.25, -0.2) is 4.39 Å². The molecule has 0 bridgehead atoms. The molecule has 21 heavy (non-hydrogen) atoms. The molecule has 2 aromatic rings. The smallest absolute Gasteiger partial charge is 0.123 e. The molecule has 0 fully saturated rings. The Morgan fingerprint density at radius 2 is 2.10 bits per heavy atom. The maximum absolute atomic E-state index is 13.4. The molecule has 0 spiro atoms. The summed E-state index contributed by atoms with van der Waals surface area (Å²) in [5.41, 5.74) is 8.33. The van der Waals surface area contributed by atoms with E-state index in [0.717, 1.165) is 28.6 Å². The van der Waals surface area contributed by atoms with E-state index in [-0.39, 0.29) is 11.9 Å². The van der Waals surface area contributed by atoms with Crippen molar-refractivity contribution in [3.8, 4) is 5.75 Å². The van der Waals surface area contributed by atoms with Crippen LogP contribution in [0.25, 0.3) is 0 Å². The lowest BCUT2D eigenvalue weighted by molar-refractivity contribution is 0.259. The lowest BCUT2D eigenvalue weighted by atomic mass is 9.86. The molecule has 0 amide bonds. The number of halogens is 2. The standard InChI is InChI=1S/C17H17BrFNO/c18-15-6-5-12(19)10-14(15)16(20)9-11-7-8-21-17-4-2-1-3-13(11)17/h1-6,10-11,16H,7-9,20H2. The molecule has 0 aliphatic carbocycles. The number of para-hydroxylation sites is 1. The third-order valence-corrected chi connectivity index (χ3v) is 4.70. The van der Waals surface area contributed by atoms with Crippen LogP contribution < -0.4 is 10.5 Å². The van der Waals surface area contributed by atoms with Crippen LogP contribution in [0.1, 0.15) is 35.9 Å². The van der Waals surface area contributed by atoms with Crippen molar-refractivity contribution in [2.45, 2.75) is 24.8 Å². The fourth-order valence-electron chi connectivity index (χ4n) is 2.89. The van der Waals surface area contributed by atoms with Gasteiger partial charge in [0.2, 0.25) is 0 Å². The summed E-state index contributed by atoms with van der Waals surface area (Å²) in [6.07, 6.45) is 1.72. The van der Waals surface area contributed by atoms with Gasteiger partial charge < -0.3 is 10.5 Å². The minimum absolute atomic E-state index is 0.203. The molecule has 2 aromatic carbocycles. The van der Waals surface area contributed by atoms with E-state index in [4.69, 9.17) is 10.5 Å². The van der Waals surface area contributed by atoms with Crippen LogP contribution in [0.3, 0.4) is 0 Å². The van der Waals surface area contributed by atoms with Crippen LogP contribution in [0.5, 0.6) is 5.75 Å². The highest BCUT2D eigenvalue weighted by molar-refractivity contribution is 9.10. The Kier molecular flexibility index (Phi) is 4.27. The van der Waals surface area contributed by atoms with E-state index < -0.39 is 0 Å². The predicted octanol–water partition coefficient (Wildman–Crippen LogP) is 4.54. The zero-order valence-electron chi connectivity index (χ0n) is 11.6. The molecule has 4 heteroatoms. The predicted molar refractivity (Wildman–Crippen MR) is 84.9 cm³/mol. The normalized spacial score (nSPS) is 18.7. The molecule has 1 aliphatic heterocycles. The Labute approximate surface area is 132 Å². The maximum Gasteiger partial charge on any atom is 0.123 e. The molecule has 2 unspecified atom stereocenters. The van der Waals surface area contributed by atoms with Gasteiger partial charge in [0, 0.05) is 10.5 Å². The van der Waals surface area contributed by atoms with E-state index in [1.165, 1.54) is 17.7 Å². The minimum atomic E-state index is -0.254. The quantitative estimate of drug-likeness (QED) is 0.882.